The standard InChI is InChI=1S/C32H40N2O12P2S2/c1-22(8-6-10-29-31(2,3)25-20-23(47(35,36)37)12-14-27(25)33(29)16-18-49(41,42)43)9-7-11-30-32(4,5)26-21-24(48(38,39)40)13-15-28(26)34(30)17-19-50(44,45)46/h6-15,20-21H,16-19H2,1-5H3,(H5-,35,36,37,38,39,40,41,42,43,44,45,46)/p+1. The maximum Gasteiger partial charge on any atom is 0.356 e. The first-order chi connectivity index (χ1) is 22.7. The van der Waals surface area contributed by atoms with Crippen molar-refractivity contribution in [3.8, 4) is 0 Å². The highest BCUT2D eigenvalue weighted by Crippen LogP contribution is 2.49. The quantitative estimate of drug-likeness (QED) is 0.0790. The largest absolute Gasteiger partial charge is 0.356 e. The van der Waals surface area contributed by atoms with E-state index < -0.39 is 57.8 Å². The second-order valence-electron chi connectivity index (χ2n) is 13.2. The molecule has 18 heteroatoms. The maximum absolute atomic E-state index is 12.0. The fraction of sp³-hybridized carbons (Fsp3) is 0.344. The molecule has 0 unspecified atom stereocenters. The van der Waals surface area contributed by atoms with Crippen LogP contribution in [0.15, 0.2) is 84.1 Å². The van der Waals surface area contributed by atoms with Crippen LogP contribution in [0.2, 0.25) is 0 Å². The van der Waals surface area contributed by atoms with E-state index in [0.29, 0.717) is 33.9 Å². The third-order valence-corrected chi connectivity index (χ3v) is 12.1. The number of rotatable bonds is 12. The molecule has 6 N–H and O–H groups in total. The van der Waals surface area contributed by atoms with Crippen LogP contribution < -0.4 is 15.5 Å². The van der Waals surface area contributed by atoms with Crippen molar-refractivity contribution >= 4 is 63.1 Å². The summed E-state index contributed by atoms with van der Waals surface area (Å²) in [6, 6.07) is 8.42. The number of benzene rings is 2. The zero-order chi connectivity index (χ0) is 37.7. The van der Waals surface area contributed by atoms with Crippen molar-refractivity contribution in [2.75, 3.05) is 29.5 Å². The van der Waals surface area contributed by atoms with Gasteiger partial charge in [-0.2, -0.15) is 21.4 Å². The predicted octanol–water partition coefficient (Wildman–Crippen LogP) is 3.18. The van der Waals surface area contributed by atoms with Crippen LogP contribution in [0.1, 0.15) is 45.7 Å². The first kappa shape index (κ1) is 39.8. The van der Waals surface area contributed by atoms with Crippen molar-refractivity contribution in [3.63, 3.8) is 0 Å². The fourth-order valence-corrected chi connectivity index (χ4v) is 8.18. The second-order valence-corrected chi connectivity index (χ2v) is 19.5. The molecule has 0 radical (unpaired) electrons. The summed E-state index contributed by atoms with van der Waals surface area (Å²) in [5, 5.41) is -0.349. The second kappa shape index (κ2) is 13.8. The summed E-state index contributed by atoms with van der Waals surface area (Å²) in [5.74, 6) is -1.15. The van der Waals surface area contributed by atoms with Gasteiger partial charge in [-0.3, -0.25) is 18.2 Å². The van der Waals surface area contributed by atoms with Crippen LogP contribution in [0, 0.1) is 0 Å². The molecule has 0 atom stereocenters. The van der Waals surface area contributed by atoms with Gasteiger partial charge in [-0.25, -0.2) is 0 Å². The Morgan fingerprint density at radius 3 is 1.94 bits per heavy atom. The summed E-state index contributed by atoms with van der Waals surface area (Å²) in [6.07, 6.45) is 10.5. The van der Waals surface area contributed by atoms with Gasteiger partial charge in [0.1, 0.15) is 5.75 Å². The Kier molecular flexibility index (Phi) is 11.0. The van der Waals surface area contributed by atoms with Gasteiger partial charge in [0.05, 0.1) is 21.8 Å². The lowest BCUT2D eigenvalue weighted by molar-refractivity contribution is -0.432. The molecular formula is C32H41N2O12P2S2+. The molecule has 0 saturated carbocycles. The molecule has 2 aliphatic rings. The maximum atomic E-state index is 12.0. The molecule has 0 amide bonds. The van der Waals surface area contributed by atoms with Gasteiger partial charge >= 0.3 is 15.2 Å². The van der Waals surface area contributed by atoms with Crippen LogP contribution >= 0.6 is 15.2 Å². The summed E-state index contributed by atoms with van der Waals surface area (Å²) < 4.78 is 91.0. The molecule has 0 spiro atoms. The smallest absolute Gasteiger partial charge is 0.343 e. The lowest BCUT2D eigenvalue weighted by Crippen LogP contribution is -2.30. The molecule has 0 aromatic heterocycles. The van der Waals surface area contributed by atoms with Gasteiger partial charge in [0.15, 0.2) is 12.3 Å². The van der Waals surface area contributed by atoms with Crippen LogP contribution in [-0.4, -0.2) is 80.4 Å². The molecule has 272 valence electrons. The Morgan fingerprint density at radius 1 is 0.820 bits per heavy atom. The Morgan fingerprint density at radius 2 is 1.38 bits per heavy atom. The predicted molar refractivity (Wildman–Crippen MR) is 192 cm³/mol. The van der Waals surface area contributed by atoms with E-state index in [9.17, 15) is 54.6 Å². The lowest BCUT2D eigenvalue weighted by atomic mass is 9.81. The van der Waals surface area contributed by atoms with E-state index in [-0.39, 0.29) is 23.7 Å². The number of hydrogen-bond donors (Lipinski definition) is 6. The Labute approximate surface area is 291 Å². The third-order valence-electron chi connectivity index (χ3n) is 8.80. The summed E-state index contributed by atoms with van der Waals surface area (Å²) in [7, 11) is -17.8. The number of allylic oxidation sites excluding steroid dienone is 8. The average molecular weight is 772 g/mol. The zero-order valence-corrected chi connectivity index (χ0v) is 31.4. The molecule has 0 bridgehead atoms. The summed E-state index contributed by atoms with van der Waals surface area (Å²) >= 11 is 0. The van der Waals surface area contributed by atoms with Crippen molar-refractivity contribution in [2.45, 2.75) is 45.4 Å². The monoisotopic (exact) mass is 771 g/mol. The van der Waals surface area contributed by atoms with Crippen LogP contribution in [0.5, 0.6) is 0 Å². The van der Waals surface area contributed by atoms with Crippen LogP contribution in [0.4, 0.5) is 11.4 Å². The minimum Gasteiger partial charge on any atom is -0.343 e. The fourth-order valence-electron chi connectivity index (χ4n) is 6.22. The number of anilines is 1. The minimum absolute atomic E-state index is 0.109. The van der Waals surface area contributed by atoms with Crippen molar-refractivity contribution in [1.29, 1.82) is 0 Å². The van der Waals surface area contributed by atoms with E-state index in [4.69, 9.17) is 0 Å². The molecule has 4 rings (SSSR count). The Bertz CT molecular complexity index is 2190. The van der Waals surface area contributed by atoms with Gasteiger partial charge in [0.2, 0.25) is 5.69 Å². The van der Waals surface area contributed by atoms with E-state index >= 15 is 0 Å². The van der Waals surface area contributed by atoms with Crippen LogP contribution in [0.3, 0.4) is 0 Å². The molecule has 2 heterocycles. The molecule has 50 heavy (non-hydrogen) atoms. The minimum atomic E-state index is -4.57. The van der Waals surface area contributed by atoms with Gasteiger partial charge < -0.3 is 24.5 Å². The van der Waals surface area contributed by atoms with Gasteiger partial charge in [-0.15, -0.1) is 0 Å². The zero-order valence-electron chi connectivity index (χ0n) is 28.0. The highest BCUT2D eigenvalue weighted by atomic mass is 32.2. The van der Waals surface area contributed by atoms with Gasteiger partial charge in [-0.05, 0) is 62.7 Å². The van der Waals surface area contributed by atoms with E-state index in [1.54, 1.807) is 45.9 Å². The Balaban J connectivity index is 1.68. The highest BCUT2D eigenvalue weighted by Gasteiger charge is 2.45. The van der Waals surface area contributed by atoms with Crippen molar-refractivity contribution < 1.29 is 59.2 Å². The van der Waals surface area contributed by atoms with E-state index in [1.807, 2.05) is 34.6 Å². The first-order valence-electron chi connectivity index (χ1n) is 15.2. The molecule has 0 saturated heterocycles. The molecule has 0 aliphatic carbocycles. The first-order valence-corrected chi connectivity index (χ1v) is 21.7. The number of hydrogen-bond acceptors (Lipinski definition) is 7. The average Bonchev–Trinajstić information content (AvgIpc) is 3.31. The Hall–Kier alpha value is -3.01. The lowest BCUT2D eigenvalue weighted by Gasteiger charge is -2.26. The SMILES string of the molecule is CC(/C=C/C=C1/N(CCS(=O)(=O)O)c2ccc(P(=O)(O)O)cc2C1(C)C)=C\C=C\C1=[N+](CCS(=O)(=O)O)c2ccc(P(=O)(O)O)cc2C1(C)C. The number of nitrogens with zero attached hydrogens (tertiary/aromatic N) is 2. The van der Waals surface area contributed by atoms with Crippen molar-refractivity contribution in [2.24, 2.45) is 0 Å². The highest BCUT2D eigenvalue weighted by molar-refractivity contribution is 7.86. The molecule has 14 nitrogen and oxygen atoms in total. The van der Waals surface area contributed by atoms with Crippen molar-refractivity contribution in [1.82, 2.24) is 0 Å². The molecule has 2 aromatic carbocycles. The normalized spacial score (nSPS) is 18.9. The summed E-state index contributed by atoms with van der Waals surface area (Å²) in [4.78, 5) is 40.7. The van der Waals surface area contributed by atoms with E-state index in [1.165, 1.54) is 36.4 Å². The third kappa shape index (κ3) is 8.88. The van der Waals surface area contributed by atoms with Crippen molar-refractivity contribution in [3.05, 3.63) is 95.3 Å². The summed E-state index contributed by atoms with van der Waals surface area (Å²) in [5.41, 5.74) is 2.68. The van der Waals surface area contributed by atoms with Gasteiger partial charge in [0, 0.05) is 41.1 Å². The van der Waals surface area contributed by atoms with E-state index in [2.05, 4.69) is 0 Å². The topological polar surface area (TPSA) is 230 Å². The molecule has 0 fully saturated rings. The van der Waals surface area contributed by atoms with Gasteiger partial charge in [0.25, 0.3) is 20.2 Å². The summed E-state index contributed by atoms with van der Waals surface area (Å²) in [6.45, 7) is 8.95. The van der Waals surface area contributed by atoms with Crippen LogP contribution in [0.25, 0.3) is 0 Å². The molecular weight excluding hydrogens is 730 g/mol. The van der Waals surface area contributed by atoms with E-state index in [0.717, 1.165) is 5.57 Å². The molecule has 2 aliphatic heterocycles. The molecule has 2 aromatic rings. The van der Waals surface area contributed by atoms with Crippen LogP contribution in [-0.2, 0) is 40.2 Å². The van der Waals surface area contributed by atoms with Gasteiger partial charge in [-0.1, -0.05) is 43.7 Å². The number of fused-ring (bicyclic) bond motifs is 2.